The standard InChI is InChI=1S/C35H20N6S/c1-2-10-21(11-3-1)39-26-15-7-8-16-27(26)40-28-19-18-23-22-12-4-6-14-25(22)41(32(23)31(28)38-35(39)40)34-33-30(36-20-37-34)24-13-5-9-17-29(24)42-33/h1-20H. The number of para-hydroxylation sites is 4. The molecule has 0 spiro atoms. The van der Waals surface area contributed by atoms with Gasteiger partial charge in [0, 0.05) is 26.5 Å². The van der Waals surface area contributed by atoms with Gasteiger partial charge in [0.25, 0.3) is 0 Å². The van der Waals surface area contributed by atoms with E-state index in [0.29, 0.717) is 0 Å². The van der Waals surface area contributed by atoms with Crippen LogP contribution in [0.4, 0.5) is 0 Å². The van der Waals surface area contributed by atoms with E-state index in [9.17, 15) is 0 Å². The number of imidazole rings is 2. The topological polar surface area (TPSA) is 52.9 Å². The minimum atomic E-state index is 0.883. The van der Waals surface area contributed by atoms with Crippen LogP contribution in [0.3, 0.4) is 0 Å². The van der Waals surface area contributed by atoms with Gasteiger partial charge in [-0.25, -0.2) is 15.0 Å². The fourth-order valence-electron chi connectivity index (χ4n) is 6.64. The van der Waals surface area contributed by atoms with Crippen LogP contribution < -0.4 is 0 Å². The first kappa shape index (κ1) is 22.2. The number of thiophene rings is 1. The van der Waals surface area contributed by atoms with Crippen molar-refractivity contribution < 1.29 is 0 Å². The molecule has 42 heavy (non-hydrogen) atoms. The van der Waals surface area contributed by atoms with Gasteiger partial charge in [-0.3, -0.25) is 13.5 Å². The summed E-state index contributed by atoms with van der Waals surface area (Å²) in [6, 6.07) is 40.5. The molecule has 0 unspecified atom stereocenters. The number of benzene rings is 5. The van der Waals surface area contributed by atoms with Crippen LogP contribution in [0.15, 0.2) is 122 Å². The van der Waals surface area contributed by atoms with Crippen molar-refractivity contribution in [2.45, 2.75) is 0 Å². The van der Waals surface area contributed by atoms with Gasteiger partial charge in [-0.2, -0.15) is 0 Å². The number of nitrogens with zero attached hydrogens (tertiary/aromatic N) is 6. The maximum atomic E-state index is 5.43. The third-order valence-corrected chi connectivity index (χ3v) is 9.53. The molecule has 0 aliphatic heterocycles. The molecule has 0 aliphatic carbocycles. The third kappa shape index (κ3) is 2.75. The highest BCUT2D eigenvalue weighted by atomic mass is 32.1. The molecule has 10 aromatic rings. The van der Waals surface area contributed by atoms with Crippen molar-refractivity contribution in [2.24, 2.45) is 0 Å². The highest BCUT2D eigenvalue weighted by Gasteiger charge is 2.24. The predicted molar refractivity (Wildman–Crippen MR) is 172 cm³/mol. The number of hydrogen-bond acceptors (Lipinski definition) is 4. The second kappa shape index (κ2) is 8.02. The molecule has 5 heterocycles. The summed E-state index contributed by atoms with van der Waals surface area (Å²) in [7, 11) is 0. The summed E-state index contributed by atoms with van der Waals surface area (Å²) in [4.78, 5) is 15.1. The van der Waals surface area contributed by atoms with Crippen LogP contribution in [0, 0.1) is 0 Å². The third-order valence-electron chi connectivity index (χ3n) is 8.37. The second-order valence-electron chi connectivity index (χ2n) is 10.6. The Labute approximate surface area is 242 Å². The van der Waals surface area contributed by atoms with Crippen molar-refractivity contribution in [3.05, 3.63) is 122 Å². The molecule has 6 nitrogen and oxygen atoms in total. The zero-order valence-electron chi connectivity index (χ0n) is 22.1. The van der Waals surface area contributed by atoms with Crippen molar-refractivity contribution in [3.63, 3.8) is 0 Å². The Kier molecular flexibility index (Phi) is 4.24. The molecule has 0 atom stereocenters. The zero-order valence-corrected chi connectivity index (χ0v) is 23.0. The van der Waals surface area contributed by atoms with Crippen LogP contribution in [0.2, 0.25) is 0 Å². The summed E-state index contributed by atoms with van der Waals surface area (Å²) in [6.45, 7) is 0. The number of fused-ring (bicyclic) bond motifs is 12. The smallest absolute Gasteiger partial charge is 0.220 e. The molecule has 10 rings (SSSR count). The van der Waals surface area contributed by atoms with Crippen molar-refractivity contribution in [1.82, 2.24) is 28.5 Å². The van der Waals surface area contributed by atoms with Crippen molar-refractivity contribution in [2.75, 3.05) is 0 Å². The van der Waals surface area contributed by atoms with Crippen molar-refractivity contribution in [1.29, 1.82) is 0 Å². The van der Waals surface area contributed by atoms with Gasteiger partial charge < -0.3 is 0 Å². The van der Waals surface area contributed by atoms with E-state index in [4.69, 9.17) is 15.0 Å². The van der Waals surface area contributed by atoms with Gasteiger partial charge in [-0.05, 0) is 48.5 Å². The molecule has 196 valence electrons. The Hall–Kier alpha value is -5.53. The molecule has 5 aromatic heterocycles. The molecule has 0 radical (unpaired) electrons. The lowest BCUT2D eigenvalue weighted by atomic mass is 10.1. The molecule has 0 saturated carbocycles. The minimum Gasteiger partial charge on any atom is -0.290 e. The van der Waals surface area contributed by atoms with Crippen LogP contribution in [-0.4, -0.2) is 28.5 Å². The highest BCUT2D eigenvalue weighted by molar-refractivity contribution is 7.26. The largest absolute Gasteiger partial charge is 0.290 e. The minimum absolute atomic E-state index is 0.883. The maximum absolute atomic E-state index is 5.43. The van der Waals surface area contributed by atoms with Gasteiger partial charge in [-0.15, -0.1) is 11.3 Å². The lowest BCUT2D eigenvalue weighted by molar-refractivity contribution is 1.08. The van der Waals surface area contributed by atoms with E-state index in [1.807, 2.05) is 6.07 Å². The lowest BCUT2D eigenvalue weighted by Gasteiger charge is -2.08. The number of aromatic nitrogens is 6. The van der Waals surface area contributed by atoms with E-state index in [1.54, 1.807) is 17.7 Å². The number of hydrogen-bond donors (Lipinski definition) is 0. The van der Waals surface area contributed by atoms with Gasteiger partial charge in [0.2, 0.25) is 5.78 Å². The van der Waals surface area contributed by atoms with E-state index in [1.165, 1.54) is 10.1 Å². The first-order valence-electron chi connectivity index (χ1n) is 13.9. The Balaban J connectivity index is 1.42. The highest BCUT2D eigenvalue weighted by Crippen LogP contribution is 2.41. The van der Waals surface area contributed by atoms with Gasteiger partial charge in [0.15, 0.2) is 5.82 Å². The quantitative estimate of drug-likeness (QED) is 0.214. The van der Waals surface area contributed by atoms with Crippen molar-refractivity contribution >= 4 is 81.3 Å². The van der Waals surface area contributed by atoms with Crippen LogP contribution >= 0.6 is 11.3 Å². The molecule has 5 aromatic carbocycles. The molecule has 0 saturated heterocycles. The van der Waals surface area contributed by atoms with Crippen LogP contribution in [0.5, 0.6) is 0 Å². The summed E-state index contributed by atoms with van der Waals surface area (Å²) < 4.78 is 9.11. The van der Waals surface area contributed by atoms with Gasteiger partial charge in [0.05, 0.1) is 37.8 Å². The molecule has 0 fully saturated rings. The average Bonchev–Trinajstić information content (AvgIpc) is 3.78. The van der Waals surface area contributed by atoms with Crippen molar-refractivity contribution in [3.8, 4) is 11.5 Å². The molecule has 7 heteroatoms. The first-order valence-corrected chi connectivity index (χ1v) is 14.7. The summed E-state index contributed by atoms with van der Waals surface area (Å²) >= 11 is 1.74. The predicted octanol–water partition coefficient (Wildman–Crippen LogP) is 8.69. The molecule has 0 N–H and O–H groups in total. The van der Waals surface area contributed by atoms with E-state index < -0.39 is 0 Å². The molecule has 0 amide bonds. The van der Waals surface area contributed by atoms with Gasteiger partial charge >= 0.3 is 0 Å². The van der Waals surface area contributed by atoms with E-state index in [0.717, 1.165) is 71.4 Å². The van der Waals surface area contributed by atoms with E-state index >= 15 is 0 Å². The summed E-state index contributed by atoms with van der Waals surface area (Å²) in [5.74, 6) is 1.77. The normalized spacial score (nSPS) is 12.3. The van der Waals surface area contributed by atoms with Gasteiger partial charge in [0.1, 0.15) is 11.8 Å². The number of rotatable bonds is 2. The monoisotopic (exact) mass is 556 g/mol. The molecular formula is C35H20N6S. The summed E-state index contributed by atoms with van der Waals surface area (Å²) in [5, 5.41) is 3.49. The van der Waals surface area contributed by atoms with Crippen LogP contribution in [0.25, 0.3) is 81.5 Å². The zero-order chi connectivity index (χ0) is 27.4. The second-order valence-corrected chi connectivity index (χ2v) is 11.6. The Bertz CT molecular complexity index is 2690. The lowest BCUT2D eigenvalue weighted by Crippen LogP contribution is -1.99. The summed E-state index contributed by atoms with van der Waals surface area (Å²) in [6.07, 6.45) is 1.69. The molecule has 0 aliphatic rings. The van der Waals surface area contributed by atoms with Crippen LogP contribution in [0.1, 0.15) is 0 Å². The van der Waals surface area contributed by atoms with Crippen LogP contribution in [-0.2, 0) is 0 Å². The fourth-order valence-corrected chi connectivity index (χ4v) is 7.77. The SMILES string of the molecule is c1ccc(-n2c3ccccc3n3c4ccc5c6ccccc6n(-c6ncnc7c6sc6ccccc67)c5c4nc23)cc1. The summed E-state index contributed by atoms with van der Waals surface area (Å²) in [5.41, 5.74) is 8.47. The molecular weight excluding hydrogens is 536 g/mol. The van der Waals surface area contributed by atoms with E-state index in [2.05, 4.69) is 123 Å². The first-order chi connectivity index (χ1) is 20.9. The molecule has 0 bridgehead atoms. The Morgan fingerprint density at radius 1 is 0.524 bits per heavy atom. The Morgan fingerprint density at radius 2 is 1.26 bits per heavy atom. The van der Waals surface area contributed by atoms with Gasteiger partial charge in [-0.1, -0.05) is 66.7 Å². The maximum Gasteiger partial charge on any atom is 0.220 e. The average molecular weight is 557 g/mol. The van der Waals surface area contributed by atoms with E-state index in [-0.39, 0.29) is 0 Å². The fraction of sp³-hybridized carbons (Fsp3) is 0. The Morgan fingerprint density at radius 3 is 2.14 bits per heavy atom.